The Kier molecular flexibility index (Phi) is 4.52. The lowest BCUT2D eigenvalue weighted by atomic mass is 10.1. The van der Waals surface area contributed by atoms with Gasteiger partial charge in [0.25, 0.3) is 5.95 Å². The Bertz CT molecular complexity index is 904. The number of carbonyl (C=O) groups excluding carboxylic acids is 1. The third-order valence-electron chi connectivity index (χ3n) is 3.55. The lowest BCUT2D eigenvalue weighted by molar-refractivity contribution is 0.0594. The van der Waals surface area contributed by atoms with Gasteiger partial charge in [-0.2, -0.15) is 0 Å². The molecule has 3 aromatic rings. The van der Waals surface area contributed by atoms with Crippen molar-refractivity contribution in [3.63, 3.8) is 0 Å². The molecule has 0 unspecified atom stereocenters. The van der Waals surface area contributed by atoms with Gasteiger partial charge in [0.15, 0.2) is 5.69 Å². The lowest BCUT2D eigenvalue weighted by Crippen LogP contribution is -2.03. The first-order valence-electron chi connectivity index (χ1n) is 7.12. The molecule has 1 aromatic carbocycles. The second-order valence-electron chi connectivity index (χ2n) is 4.85. The Hall–Kier alpha value is -2.80. The Morgan fingerprint density at radius 2 is 1.88 bits per heavy atom. The number of aromatic nitrogens is 2. The van der Waals surface area contributed by atoms with E-state index in [1.807, 2.05) is 30.5 Å². The molecule has 0 radical (unpaired) electrons. The van der Waals surface area contributed by atoms with Gasteiger partial charge in [-0.25, -0.2) is 9.78 Å². The molecule has 24 heavy (non-hydrogen) atoms. The fourth-order valence-electron chi connectivity index (χ4n) is 2.47. The molecular formula is C17H16N2O4S. The number of para-hydroxylation sites is 1. The van der Waals surface area contributed by atoms with Crippen molar-refractivity contribution in [3.8, 4) is 0 Å². The highest BCUT2D eigenvalue weighted by Gasteiger charge is 2.22. The predicted octanol–water partition coefficient (Wildman–Crippen LogP) is 3.42. The van der Waals surface area contributed by atoms with Crippen molar-refractivity contribution in [2.24, 2.45) is 0 Å². The first-order valence-corrected chi connectivity index (χ1v) is 8.00. The first-order chi connectivity index (χ1) is 11.7. The molecule has 124 valence electrons. The minimum Gasteiger partial charge on any atom is -0.468 e. The number of aromatic amines is 1. The maximum Gasteiger partial charge on any atom is 0.357 e. The summed E-state index contributed by atoms with van der Waals surface area (Å²) in [6.07, 6.45) is 1.87. The average Bonchev–Trinajstić information content (AvgIpc) is 3.26. The molecule has 6 nitrogen and oxygen atoms in total. The van der Waals surface area contributed by atoms with E-state index in [-0.39, 0.29) is 5.69 Å². The van der Waals surface area contributed by atoms with Crippen molar-refractivity contribution in [1.82, 2.24) is 9.97 Å². The van der Waals surface area contributed by atoms with Crippen molar-refractivity contribution < 1.29 is 19.0 Å². The molecule has 7 heteroatoms. The monoisotopic (exact) mass is 344 g/mol. The molecule has 0 aliphatic rings. The summed E-state index contributed by atoms with van der Waals surface area (Å²) >= 11 is 1.32. The van der Waals surface area contributed by atoms with E-state index in [4.69, 9.17) is 14.2 Å². The summed E-state index contributed by atoms with van der Waals surface area (Å²) in [7, 11) is 4.39. The largest absolute Gasteiger partial charge is 0.468 e. The number of rotatable bonds is 5. The van der Waals surface area contributed by atoms with E-state index in [1.165, 1.54) is 32.7 Å². The quantitative estimate of drug-likeness (QED) is 0.567. The van der Waals surface area contributed by atoms with Crippen LogP contribution in [0.25, 0.3) is 16.5 Å². The molecule has 0 atom stereocenters. The minimum absolute atomic E-state index is 0.251. The second-order valence-corrected chi connectivity index (χ2v) is 5.71. The number of thiazole rings is 1. The molecule has 0 aliphatic carbocycles. The molecule has 0 spiro atoms. The van der Waals surface area contributed by atoms with E-state index in [2.05, 4.69) is 9.97 Å². The van der Waals surface area contributed by atoms with Crippen molar-refractivity contribution in [3.05, 3.63) is 58.1 Å². The number of carbonyl (C=O) groups is 1. The number of ether oxygens (including phenoxy) is 3. The topological polar surface area (TPSA) is 73.4 Å². The van der Waals surface area contributed by atoms with Gasteiger partial charge in [-0.1, -0.05) is 18.2 Å². The Morgan fingerprint density at radius 1 is 1.12 bits per heavy atom. The van der Waals surface area contributed by atoms with Crippen molar-refractivity contribution in [2.75, 3.05) is 21.3 Å². The summed E-state index contributed by atoms with van der Waals surface area (Å²) < 4.78 is 15.5. The third-order valence-corrected chi connectivity index (χ3v) is 4.41. The molecule has 2 aromatic heterocycles. The lowest BCUT2D eigenvalue weighted by Gasteiger charge is -2.10. The van der Waals surface area contributed by atoms with Crippen LogP contribution in [0.1, 0.15) is 21.1 Å². The summed E-state index contributed by atoms with van der Waals surface area (Å²) in [4.78, 5) is 19.3. The van der Waals surface area contributed by atoms with Gasteiger partial charge in [-0.05, 0) is 6.07 Å². The van der Waals surface area contributed by atoms with Gasteiger partial charge in [0.1, 0.15) is 10.6 Å². The number of hydrogen-bond donors (Lipinski definition) is 1. The fraction of sp³-hybridized carbons (Fsp3) is 0.176. The van der Waals surface area contributed by atoms with Crippen LogP contribution in [0.15, 0.2) is 41.8 Å². The number of benzene rings is 1. The summed E-state index contributed by atoms with van der Waals surface area (Å²) in [5, 5.41) is 3.27. The van der Waals surface area contributed by atoms with E-state index in [0.29, 0.717) is 16.5 Å². The molecule has 3 rings (SSSR count). The van der Waals surface area contributed by atoms with Crippen LogP contribution in [-0.4, -0.2) is 37.3 Å². The maximum atomic E-state index is 11.7. The van der Waals surface area contributed by atoms with E-state index < -0.39 is 5.97 Å². The molecule has 0 aliphatic heterocycles. The molecule has 0 bridgehead atoms. The zero-order valence-corrected chi connectivity index (χ0v) is 14.3. The van der Waals surface area contributed by atoms with Gasteiger partial charge < -0.3 is 19.2 Å². The molecule has 0 fully saturated rings. The average molecular weight is 344 g/mol. The Morgan fingerprint density at radius 3 is 2.58 bits per heavy atom. The van der Waals surface area contributed by atoms with Crippen LogP contribution in [0, 0.1) is 0 Å². The van der Waals surface area contributed by atoms with E-state index in [0.717, 1.165) is 16.5 Å². The zero-order valence-electron chi connectivity index (χ0n) is 13.5. The van der Waals surface area contributed by atoms with Gasteiger partial charge >= 0.3 is 5.97 Å². The molecular weight excluding hydrogens is 328 g/mol. The number of fused-ring (bicyclic) bond motifs is 1. The SMILES string of the molecule is COC(=O)c1csc(C(=C(OC)OC)c2c[nH]c3ccccc23)n1. The van der Waals surface area contributed by atoms with Gasteiger partial charge in [-0.15, -0.1) is 11.3 Å². The number of hydrogen-bond acceptors (Lipinski definition) is 6. The minimum atomic E-state index is -0.479. The maximum absolute atomic E-state index is 11.7. The Balaban J connectivity index is 2.20. The third kappa shape index (κ3) is 2.74. The first kappa shape index (κ1) is 16.1. The number of nitrogens with one attached hydrogen (secondary N) is 1. The van der Waals surface area contributed by atoms with Crippen LogP contribution >= 0.6 is 11.3 Å². The van der Waals surface area contributed by atoms with Crippen LogP contribution in [0.4, 0.5) is 0 Å². The number of methoxy groups -OCH3 is 3. The van der Waals surface area contributed by atoms with Crippen LogP contribution in [0.3, 0.4) is 0 Å². The molecule has 0 saturated heterocycles. The van der Waals surface area contributed by atoms with Gasteiger partial charge in [0, 0.05) is 28.0 Å². The smallest absolute Gasteiger partial charge is 0.357 e. The van der Waals surface area contributed by atoms with E-state index >= 15 is 0 Å². The van der Waals surface area contributed by atoms with Crippen LogP contribution in [-0.2, 0) is 14.2 Å². The van der Waals surface area contributed by atoms with Crippen LogP contribution in [0.2, 0.25) is 0 Å². The number of esters is 1. The fourth-order valence-corrected chi connectivity index (χ4v) is 3.30. The Labute approximate surface area is 142 Å². The van der Waals surface area contributed by atoms with Crippen molar-refractivity contribution >= 4 is 33.8 Å². The zero-order chi connectivity index (χ0) is 17.1. The highest BCUT2D eigenvalue weighted by molar-refractivity contribution is 7.11. The predicted molar refractivity (Wildman–Crippen MR) is 91.8 cm³/mol. The van der Waals surface area contributed by atoms with Gasteiger partial charge in [0.05, 0.1) is 21.3 Å². The van der Waals surface area contributed by atoms with Crippen LogP contribution < -0.4 is 0 Å². The normalized spacial score (nSPS) is 10.5. The highest BCUT2D eigenvalue weighted by atomic mass is 32.1. The summed E-state index contributed by atoms with van der Waals surface area (Å²) in [6, 6.07) is 7.90. The molecule has 0 amide bonds. The molecule has 0 saturated carbocycles. The van der Waals surface area contributed by atoms with Gasteiger partial charge in [0.2, 0.25) is 0 Å². The van der Waals surface area contributed by atoms with E-state index in [9.17, 15) is 4.79 Å². The standard InChI is InChI=1S/C17H16N2O4S/c1-21-16(20)13-9-24-15(19-13)14(17(22-2)23-3)11-8-18-12-7-5-4-6-10(11)12/h4-9,18H,1-3H3. The second kappa shape index (κ2) is 6.76. The molecule has 2 heterocycles. The van der Waals surface area contributed by atoms with Crippen LogP contribution in [0.5, 0.6) is 0 Å². The number of H-pyrrole nitrogens is 1. The van der Waals surface area contributed by atoms with Gasteiger partial charge in [-0.3, -0.25) is 0 Å². The summed E-state index contributed by atoms with van der Waals surface area (Å²) in [5.74, 6) is -0.155. The number of nitrogens with zero attached hydrogens (tertiary/aromatic N) is 1. The van der Waals surface area contributed by atoms with E-state index in [1.54, 1.807) is 5.38 Å². The highest BCUT2D eigenvalue weighted by Crippen LogP contribution is 2.34. The van der Waals surface area contributed by atoms with Crippen molar-refractivity contribution in [1.29, 1.82) is 0 Å². The van der Waals surface area contributed by atoms with Crippen molar-refractivity contribution in [2.45, 2.75) is 0 Å². The summed E-state index contributed by atoms with van der Waals surface area (Å²) in [6.45, 7) is 0. The molecule has 1 N–H and O–H groups in total. The summed E-state index contributed by atoms with van der Waals surface area (Å²) in [5.41, 5.74) is 2.80.